The molecule has 0 N–H and O–H groups in total. The maximum absolute atomic E-state index is 6.63. The molecule has 2 aromatic heterocycles. The summed E-state index contributed by atoms with van der Waals surface area (Å²) in [6.07, 6.45) is 0. The molecule has 0 amide bonds. The van der Waals surface area contributed by atoms with Crippen molar-refractivity contribution < 1.29 is 4.42 Å². The van der Waals surface area contributed by atoms with Crippen LogP contribution in [0.1, 0.15) is 0 Å². The fourth-order valence-electron chi connectivity index (χ4n) is 9.22. The van der Waals surface area contributed by atoms with Gasteiger partial charge in [0.25, 0.3) is 0 Å². The number of aromatic nitrogens is 1. The minimum absolute atomic E-state index is 0.869. The van der Waals surface area contributed by atoms with Crippen molar-refractivity contribution in [3.8, 4) is 16.8 Å². The van der Waals surface area contributed by atoms with Gasteiger partial charge < -0.3 is 13.9 Å². The Bertz CT molecular complexity index is 3520. The third kappa shape index (κ3) is 4.86. The van der Waals surface area contributed by atoms with Crippen molar-refractivity contribution >= 4 is 93.1 Å². The van der Waals surface area contributed by atoms with Crippen LogP contribution in [-0.4, -0.2) is 4.57 Å². The fourth-order valence-corrected chi connectivity index (χ4v) is 9.22. The predicted molar refractivity (Wildman–Crippen MR) is 241 cm³/mol. The number of furan rings is 1. The fraction of sp³-hybridized carbons (Fsp3) is 0. The van der Waals surface area contributed by atoms with E-state index in [0.717, 1.165) is 55.6 Å². The van der Waals surface area contributed by atoms with Crippen molar-refractivity contribution in [2.24, 2.45) is 0 Å². The molecule has 0 aliphatic rings. The van der Waals surface area contributed by atoms with Gasteiger partial charge in [0, 0.05) is 50.1 Å². The van der Waals surface area contributed by atoms with Crippen molar-refractivity contribution in [2.75, 3.05) is 4.90 Å². The van der Waals surface area contributed by atoms with Crippen LogP contribution < -0.4 is 4.90 Å². The van der Waals surface area contributed by atoms with Gasteiger partial charge in [0.05, 0.1) is 16.7 Å². The zero-order valence-corrected chi connectivity index (χ0v) is 30.9. The van der Waals surface area contributed by atoms with Crippen LogP contribution in [0.25, 0.3) is 92.9 Å². The molecule has 3 heteroatoms. The molecule has 2 heterocycles. The van der Waals surface area contributed by atoms with Crippen LogP contribution in [0.15, 0.2) is 211 Å². The molecular weight excluding hydrogens is 693 g/mol. The number of hydrogen-bond acceptors (Lipinski definition) is 2. The summed E-state index contributed by atoms with van der Waals surface area (Å²) in [6.45, 7) is 0. The van der Waals surface area contributed by atoms with E-state index in [-0.39, 0.29) is 0 Å². The SMILES string of the molecule is c1ccc(-n2c3ccccc3c3ccc(N(c4ccc(-c5cc6ccccc6c6ccccc56)cc4)c4cc5oc6ccccc6c5c5ccccc45)cc32)cc1. The normalized spacial score (nSPS) is 11.9. The molecule has 0 spiro atoms. The Morgan fingerprint density at radius 1 is 0.368 bits per heavy atom. The molecule has 0 bridgehead atoms. The summed E-state index contributed by atoms with van der Waals surface area (Å²) in [6, 6.07) is 74.5. The van der Waals surface area contributed by atoms with Crippen LogP contribution in [-0.2, 0) is 0 Å². The van der Waals surface area contributed by atoms with Gasteiger partial charge in [0.1, 0.15) is 11.2 Å². The summed E-state index contributed by atoms with van der Waals surface area (Å²) in [5.74, 6) is 0. The molecule has 10 aromatic carbocycles. The molecule has 3 nitrogen and oxygen atoms in total. The summed E-state index contributed by atoms with van der Waals surface area (Å²) in [5.41, 5.74) is 10.8. The highest BCUT2D eigenvalue weighted by atomic mass is 16.3. The van der Waals surface area contributed by atoms with Gasteiger partial charge in [0.2, 0.25) is 0 Å². The standard InChI is InChI=1S/C54H34N2O/c1-2-15-37(16-3-1)56-49-24-12-10-20-43(49)45-31-30-39(33-50(45)56)55(51-34-53-54(46-22-9-8-21-44(46)51)47-23-11-13-25-52(47)57-53)38-28-26-35(27-29-38)48-32-36-14-4-5-17-40(36)41-18-6-7-19-42(41)48/h1-34H. The first kappa shape index (κ1) is 31.7. The van der Waals surface area contributed by atoms with E-state index in [9.17, 15) is 0 Å². The average Bonchev–Trinajstić information content (AvgIpc) is 3.82. The van der Waals surface area contributed by atoms with Crippen molar-refractivity contribution in [1.82, 2.24) is 4.57 Å². The van der Waals surface area contributed by atoms with E-state index in [1.807, 2.05) is 6.07 Å². The Morgan fingerprint density at radius 2 is 0.982 bits per heavy atom. The zero-order chi connectivity index (χ0) is 37.5. The van der Waals surface area contributed by atoms with E-state index < -0.39 is 0 Å². The Morgan fingerprint density at radius 3 is 1.81 bits per heavy atom. The van der Waals surface area contributed by atoms with Crippen LogP contribution in [0, 0.1) is 0 Å². The van der Waals surface area contributed by atoms with Gasteiger partial charge in [-0.1, -0.05) is 146 Å². The lowest BCUT2D eigenvalue weighted by molar-refractivity contribution is 0.669. The highest BCUT2D eigenvalue weighted by Gasteiger charge is 2.22. The number of fused-ring (bicyclic) bond motifs is 11. The molecule has 0 atom stereocenters. The van der Waals surface area contributed by atoms with Gasteiger partial charge >= 0.3 is 0 Å². The molecule has 0 aliphatic heterocycles. The van der Waals surface area contributed by atoms with Crippen molar-refractivity contribution in [2.45, 2.75) is 0 Å². The average molecular weight is 727 g/mol. The van der Waals surface area contributed by atoms with E-state index in [2.05, 4.69) is 210 Å². The van der Waals surface area contributed by atoms with Gasteiger partial charge in [0.15, 0.2) is 0 Å². The number of para-hydroxylation sites is 3. The van der Waals surface area contributed by atoms with Crippen LogP contribution in [0.2, 0.25) is 0 Å². The number of anilines is 3. The minimum atomic E-state index is 0.869. The Labute approximate surface area is 328 Å². The molecule has 12 rings (SSSR count). The van der Waals surface area contributed by atoms with E-state index >= 15 is 0 Å². The quantitative estimate of drug-likeness (QED) is 0.165. The largest absolute Gasteiger partial charge is 0.456 e. The Kier molecular flexibility index (Phi) is 6.93. The lowest BCUT2D eigenvalue weighted by Crippen LogP contribution is -2.11. The van der Waals surface area contributed by atoms with Gasteiger partial charge in [-0.25, -0.2) is 0 Å². The Balaban J connectivity index is 1.12. The first-order valence-corrected chi connectivity index (χ1v) is 19.5. The van der Waals surface area contributed by atoms with Crippen molar-refractivity contribution in [3.63, 3.8) is 0 Å². The molecular formula is C54H34N2O. The molecule has 266 valence electrons. The summed E-state index contributed by atoms with van der Waals surface area (Å²) < 4.78 is 9.02. The molecule has 0 saturated carbocycles. The lowest BCUT2D eigenvalue weighted by Gasteiger charge is -2.27. The van der Waals surface area contributed by atoms with E-state index in [1.54, 1.807) is 0 Å². The summed E-state index contributed by atoms with van der Waals surface area (Å²) in [7, 11) is 0. The highest BCUT2D eigenvalue weighted by Crippen LogP contribution is 2.46. The molecule has 0 radical (unpaired) electrons. The van der Waals surface area contributed by atoms with Crippen LogP contribution in [0.5, 0.6) is 0 Å². The monoisotopic (exact) mass is 726 g/mol. The molecule has 0 fully saturated rings. The number of hydrogen-bond donors (Lipinski definition) is 0. The third-order valence-corrected chi connectivity index (χ3v) is 11.7. The molecule has 57 heavy (non-hydrogen) atoms. The molecule has 0 unspecified atom stereocenters. The van der Waals surface area contributed by atoms with E-state index in [0.29, 0.717) is 0 Å². The van der Waals surface area contributed by atoms with Crippen molar-refractivity contribution in [3.05, 3.63) is 206 Å². The van der Waals surface area contributed by atoms with Gasteiger partial charge in [-0.15, -0.1) is 0 Å². The zero-order valence-electron chi connectivity index (χ0n) is 30.9. The van der Waals surface area contributed by atoms with Gasteiger partial charge in [-0.3, -0.25) is 0 Å². The van der Waals surface area contributed by atoms with E-state index in [1.165, 1.54) is 54.3 Å². The van der Waals surface area contributed by atoms with Gasteiger partial charge in [-0.05, 0) is 92.7 Å². The maximum Gasteiger partial charge on any atom is 0.138 e. The first-order chi connectivity index (χ1) is 28.3. The van der Waals surface area contributed by atoms with Crippen LogP contribution in [0.4, 0.5) is 17.1 Å². The van der Waals surface area contributed by atoms with E-state index in [4.69, 9.17) is 4.42 Å². The number of nitrogens with zero attached hydrogens (tertiary/aromatic N) is 2. The second kappa shape index (κ2) is 12.5. The lowest BCUT2D eigenvalue weighted by atomic mass is 9.93. The highest BCUT2D eigenvalue weighted by molar-refractivity contribution is 6.23. The topological polar surface area (TPSA) is 21.3 Å². The van der Waals surface area contributed by atoms with Crippen LogP contribution in [0.3, 0.4) is 0 Å². The summed E-state index contributed by atoms with van der Waals surface area (Å²) >= 11 is 0. The minimum Gasteiger partial charge on any atom is -0.456 e. The maximum atomic E-state index is 6.63. The predicted octanol–water partition coefficient (Wildman–Crippen LogP) is 15.3. The summed E-state index contributed by atoms with van der Waals surface area (Å²) in [5, 5.41) is 12.1. The first-order valence-electron chi connectivity index (χ1n) is 19.5. The molecule has 12 aromatic rings. The molecule has 0 saturated heterocycles. The number of benzene rings is 10. The van der Waals surface area contributed by atoms with Gasteiger partial charge in [-0.2, -0.15) is 0 Å². The van der Waals surface area contributed by atoms with Crippen molar-refractivity contribution in [1.29, 1.82) is 0 Å². The smallest absolute Gasteiger partial charge is 0.138 e. The van der Waals surface area contributed by atoms with Crippen LogP contribution >= 0.6 is 0 Å². The molecule has 0 aliphatic carbocycles. The second-order valence-electron chi connectivity index (χ2n) is 14.9. The Hall–Kier alpha value is -7.62. The third-order valence-electron chi connectivity index (χ3n) is 11.7. The summed E-state index contributed by atoms with van der Waals surface area (Å²) in [4.78, 5) is 2.41. The second-order valence-corrected chi connectivity index (χ2v) is 14.9. The number of rotatable bonds is 5.